The summed E-state index contributed by atoms with van der Waals surface area (Å²) in [5.41, 5.74) is 7.09. The zero-order valence-corrected chi connectivity index (χ0v) is 11.9. The first kappa shape index (κ1) is 13.0. The predicted octanol–water partition coefficient (Wildman–Crippen LogP) is 2.40. The van der Waals surface area contributed by atoms with E-state index in [0.717, 1.165) is 29.8 Å². The summed E-state index contributed by atoms with van der Waals surface area (Å²) in [6.07, 6.45) is 4.30. The van der Waals surface area contributed by atoms with Gasteiger partial charge in [-0.25, -0.2) is 0 Å². The third-order valence-electron chi connectivity index (χ3n) is 3.55. The fourth-order valence-corrected chi connectivity index (χ4v) is 2.60. The Labute approximate surface area is 112 Å². The van der Waals surface area contributed by atoms with Gasteiger partial charge in [-0.05, 0) is 66.8 Å². The zero-order valence-electron chi connectivity index (χ0n) is 10.3. The average molecular weight is 298 g/mol. The molecule has 0 saturated carbocycles. The number of nitrogens with zero attached hydrogens (tertiary/aromatic N) is 2. The average Bonchev–Trinajstić information content (AvgIpc) is 2.33. The fourth-order valence-electron chi connectivity index (χ4n) is 2.37. The first-order valence-electron chi connectivity index (χ1n) is 6.23. The molecule has 2 N–H and O–H groups in total. The van der Waals surface area contributed by atoms with Gasteiger partial charge in [-0.3, -0.25) is 9.88 Å². The molecule has 0 radical (unpaired) electrons. The minimum absolute atomic E-state index is 0.336. The molecule has 0 aliphatic carbocycles. The van der Waals surface area contributed by atoms with Crippen molar-refractivity contribution in [3.05, 3.63) is 28.5 Å². The standard InChI is InChI=1S/C13H20BrN3/c1-10(15)11-4-6-17(7-5-11)9-13-3-2-12(14)8-16-13/h2-3,8,10-11H,4-7,9,15H2,1H3. The Kier molecular flexibility index (Phi) is 4.54. The van der Waals surface area contributed by atoms with E-state index in [1.807, 2.05) is 6.20 Å². The maximum atomic E-state index is 5.95. The SMILES string of the molecule is CC(N)C1CCN(Cc2ccc(Br)cn2)CC1. The van der Waals surface area contributed by atoms with Gasteiger partial charge < -0.3 is 5.73 Å². The van der Waals surface area contributed by atoms with Crippen molar-refractivity contribution in [1.29, 1.82) is 0 Å². The van der Waals surface area contributed by atoms with Crippen LogP contribution in [-0.4, -0.2) is 29.0 Å². The summed E-state index contributed by atoms with van der Waals surface area (Å²) in [7, 11) is 0. The van der Waals surface area contributed by atoms with Gasteiger partial charge in [0, 0.05) is 23.3 Å². The van der Waals surface area contributed by atoms with E-state index in [0.29, 0.717) is 12.0 Å². The van der Waals surface area contributed by atoms with Gasteiger partial charge in [0.1, 0.15) is 0 Å². The number of pyridine rings is 1. The third-order valence-corrected chi connectivity index (χ3v) is 4.02. The number of likely N-dealkylation sites (tertiary alicyclic amines) is 1. The van der Waals surface area contributed by atoms with Crippen LogP contribution in [-0.2, 0) is 6.54 Å². The van der Waals surface area contributed by atoms with Crippen LogP contribution >= 0.6 is 15.9 Å². The fraction of sp³-hybridized carbons (Fsp3) is 0.615. The number of nitrogens with two attached hydrogens (primary N) is 1. The van der Waals surface area contributed by atoms with Crippen LogP contribution in [0.15, 0.2) is 22.8 Å². The van der Waals surface area contributed by atoms with Crippen molar-refractivity contribution in [2.24, 2.45) is 11.7 Å². The lowest BCUT2D eigenvalue weighted by Gasteiger charge is -2.33. The Morgan fingerprint density at radius 2 is 2.18 bits per heavy atom. The summed E-state index contributed by atoms with van der Waals surface area (Å²) in [4.78, 5) is 6.88. The molecule has 1 aliphatic heterocycles. The topological polar surface area (TPSA) is 42.1 Å². The highest BCUT2D eigenvalue weighted by molar-refractivity contribution is 9.10. The number of piperidine rings is 1. The van der Waals surface area contributed by atoms with Crippen LogP contribution in [0.3, 0.4) is 0 Å². The Balaban J connectivity index is 1.84. The number of rotatable bonds is 3. The highest BCUT2D eigenvalue weighted by Gasteiger charge is 2.21. The minimum atomic E-state index is 0.336. The third kappa shape index (κ3) is 3.76. The maximum absolute atomic E-state index is 5.95. The van der Waals surface area contributed by atoms with Crippen LogP contribution in [0.4, 0.5) is 0 Å². The molecule has 0 bridgehead atoms. The van der Waals surface area contributed by atoms with Crippen LogP contribution < -0.4 is 5.73 Å². The zero-order chi connectivity index (χ0) is 12.3. The van der Waals surface area contributed by atoms with Crippen molar-refractivity contribution in [3.63, 3.8) is 0 Å². The van der Waals surface area contributed by atoms with E-state index in [1.54, 1.807) is 0 Å². The molecule has 1 unspecified atom stereocenters. The van der Waals surface area contributed by atoms with Crippen molar-refractivity contribution < 1.29 is 0 Å². The van der Waals surface area contributed by atoms with Crippen molar-refractivity contribution in [2.75, 3.05) is 13.1 Å². The van der Waals surface area contributed by atoms with Crippen LogP contribution in [0, 0.1) is 5.92 Å². The lowest BCUT2D eigenvalue weighted by atomic mass is 9.91. The highest BCUT2D eigenvalue weighted by Crippen LogP contribution is 2.20. The molecule has 3 nitrogen and oxygen atoms in total. The molecule has 1 fully saturated rings. The minimum Gasteiger partial charge on any atom is -0.328 e. The lowest BCUT2D eigenvalue weighted by molar-refractivity contribution is 0.164. The van der Waals surface area contributed by atoms with Gasteiger partial charge >= 0.3 is 0 Å². The van der Waals surface area contributed by atoms with Gasteiger partial charge in [-0.1, -0.05) is 0 Å². The Morgan fingerprint density at radius 3 is 2.71 bits per heavy atom. The van der Waals surface area contributed by atoms with E-state index in [2.05, 4.69) is 44.9 Å². The van der Waals surface area contributed by atoms with E-state index < -0.39 is 0 Å². The molecule has 17 heavy (non-hydrogen) atoms. The molecule has 0 spiro atoms. The maximum Gasteiger partial charge on any atom is 0.0544 e. The molecule has 1 aromatic rings. The summed E-state index contributed by atoms with van der Waals surface area (Å²) in [6, 6.07) is 4.47. The first-order chi connectivity index (χ1) is 8.15. The molecule has 2 rings (SSSR count). The van der Waals surface area contributed by atoms with Crippen molar-refractivity contribution >= 4 is 15.9 Å². The van der Waals surface area contributed by atoms with Crippen LogP contribution in [0.5, 0.6) is 0 Å². The monoisotopic (exact) mass is 297 g/mol. The van der Waals surface area contributed by atoms with Gasteiger partial charge in [-0.15, -0.1) is 0 Å². The molecule has 0 amide bonds. The largest absolute Gasteiger partial charge is 0.328 e. The molecular weight excluding hydrogens is 278 g/mol. The second-order valence-electron chi connectivity index (χ2n) is 4.94. The van der Waals surface area contributed by atoms with Crippen LogP contribution in [0.1, 0.15) is 25.5 Å². The number of aromatic nitrogens is 1. The quantitative estimate of drug-likeness (QED) is 0.932. The Bertz CT molecular complexity index is 342. The number of hydrogen-bond acceptors (Lipinski definition) is 3. The Morgan fingerprint density at radius 1 is 1.47 bits per heavy atom. The summed E-state index contributed by atoms with van der Waals surface area (Å²) < 4.78 is 1.04. The van der Waals surface area contributed by atoms with E-state index in [9.17, 15) is 0 Å². The summed E-state index contributed by atoms with van der Waals surface area (Å²) in [5.74, 6) is 0.698. The summed E-state index contributed by atoms with van der Waals surface area (Å²) in [6.45, 7) is 5.36. The van der Waals surface area contributed by atoms with Gasteiger partial charge in [-0.2, -0.15) is 0 Å². The molecule has 2 heterocycles. The summed E-state index contributed by atoms with van der Waals surface area (Å²) >= 11 is 3.40. The Hall–Kier alpha value is -0.450. The van der Waals surface area contributed by atoms with Crippen molar-refractivity contribution in [1.82, 2.24) is 9.88 Å². The van der Waals surface area contributed by atoms with Gasteiger partial charge in [0.2, 0.25) is 0 Å². The molecule has 1 atom stereocenters. The second-order valence-corrected chi connectivity index (χ2v) is 5.86. The highest BCUT2D eigenvalue weighted by atomic mass is 79.9. The number of hydrogen-bond donors (Lipinski definition) is 1. The molecule has 0 aromatic carbocycles. The van der Waals surface area contributed by atoms with E-state index in [-0.39, 0.29) is 0 Å². The van der Waals surface area contributed by atoms with Gasteiger partial charge in [0.05, 0.1) is 5.69 Å². The smallest absolute Gasteiger partial charge is 0.0544 e. The van der Waals surface area contributed by atoms with Crippen LogP contribution in [0.25, 0.3) is 0 Å². The van der Waals surface area contributed by atoms with E-state index in [1.165, 1.54) is 12.8 Å². The summed E-state index contributed by atoms with van der Waals surface area (Å²) in [5, 5.41) is 0. The molecular formula is C13H20BrN3. The van der Waals surface area contributed by atoms with Crippen LogP contribution in [0.2, 0.25) is 0 Å². The predicted molar refractivity (Wildman–Crippen MR) is 73.6 cm³/mol. The molecule has 94 valence electrons. The van der Waals surface area contributed by atoms with Crippen molar-refractivity contribution in [2.45, 2.75) is 32.4 Å². The molecule has 4 heteroatoms. The first-order valence-corrected chi connectivity index (χ1v) is 7.03. The van der Waals surface area contributed by atoms with E-state index in [4.69, 9.17) is 5.73 Å². The molecule has 1 aliphatic rings. The second kappa shape index (κ2) is 5.94. The van der Waals surface area contributed by atoms with E-state index >= 15 is 0 Å². The van der Waals surface area contributed by atoms with Crippen molar-refractivity contribution in [3.8, 4) is 0 Å². The molecule has 1 aromatic heterocycles. The van der Waals surface area contributed by atoms with Gasteiger partial charge in [0.15, 0.2) is 0 Å². The molecule has 1 saturated heterocycles. The number of halogens is 1. The van der Waals surface area contributed by atoms with Gasteiger partial charge in [0.25, 0.3) is 0 Å². The lowest BCUT2D eigenvalue weighted by Crippen LogP contribution is -2.39. The normalized spacial score (nSPS) is 20.4.